The predicted octanol–water partition coefficient (Wildman–Crippen LogP) is 1.65. The molecule has 0 N–H and O–H groups in total. The van der Waals surface area contributed by atoms with E-state index in [9.17, 15) is 9.59 Å². The third-order valence-corrected chi connectivity index (χ3v) is 5.35. The quantitative estimate of drug-likeness (QED) is 0.834. The summed E-state index contributed by atoms with van der Waals surface area (Å²) in [5.74, 6) is 0.110. The van der Waals surface area contributed by atoms with Crippen molar-refractivity contribution in [1.29, 1.82) is 0 Å². The van der Waals surface area contributed by atoms with Crippen molar-refractivity contribution in [3.8, 4) is 0 Å². The third kappa shape index (κ3) is 3.11. The van der Waals surface area contributed by atoms with E-state index in [0.29, 0.717) is 39.0 Å². The summed E-state index contributed by atoms with van der Waals surface area (Å²) in [6.45, 7) is 2.45. The Hall–Kier alpha value is -2.64. The van der Waals surface area contributed by atoms with Crippen LogP contribution in [-0.2, 0) is 16.1 Å². The second kappa shape index (κ2) is 6.59. The standard InChI is InChI=1S/C18H23N5O3/c1-21-13-18(26-17(21)25)8-4-10-22(12-9-18)16(24)7-11-23-15-6-3-2-5-14(15)19-20-23/h2-3,5-6H,4,7-13H2,1H3/t18-/m0/s1. The van der Waals surface area contributed by atoms with Crippen LogP contribution in [0.3, 0.4) is 0 Å². The molecule has 2 aromatic rings. The maximum Gasteiger partial charge on any atom is 0.410 e. The average Bonchev–Trinajstić information content (AvgIpc) is 3.09. The van der Waals surface area contributed by atoms with Crippen molar-refractivity contribution in [1.82, 2.24) is 24.8 Å². The van der Waals surface area contributed by atoms with Crippen molar-refractivity contribution < 1.29 is 14.3 Å². The van der Waals surface area contributed by atoms with Gasteiger partial charge in [-0.3, -0.25) is 4.79 Å². The van der Waals surface area contributed by atoms with Crippen molar-refractivity contribution in [3.05, 3.63) is 24.3 Å². The number of benzene rings is 1. The summed E-state index contributed by atoms with van der Waals surface area (Å²) in [7, 11) is 1.76. The molecular formula is C18H23N5O3. The molecule has 2 aliphatic rings. The minimum absolute atomic E-state index is 0.110. The van der Waals surface area contributed by atoms with Gasteiger partial charge < -0.3 is 14.5 Å². The number of nitrogens with zero attached hydrogens (tertiary/aromatic N) is 5. The largest absolute Gasteiger partial charge is 0.441 e. The zero-order valence-electron chi connectivity index (χ0n) is 14.9. The fraction of sp³-hybridized carbons (Fsp3) is 0.556. The van der Waals surface area contributed by atoms with Crippen molar-refractivity contribution in [2.75, 3.05) is 26.7 Å². The Morgan fingerprint density at radius 2 is 2.12 bits per heavy atom. The first-order valence-electron chi connectivity index (χ1n) is 9.06. The fourth-order valence-corrected chi connectivity index (χ4v) is 3.91. The molecule has 8 nitrogen and oxygen atoms in total. The van der Waals surface area contributed by atoms with Gasteiger partial charge in [0.15, 0.2) is 0 Å². The summed E-state index contributed by atoms with van der Waals surface area (Å²) >= 11 is 0. The van der Waals surface area contributed by atoms with Crippen LogP contribution in [-0.4, -0.2) is 69.1 Å². The van der Waals surface area contributed by atoms with Crippen molar-refractivity contribution in [3.63, 3.8) is 0 Å². The van der Waals surface area contributed by atoms with Crippen molar-refractivity contribution in [2.24, 2.45) is 0 Å². The van der Waals surface area contributed by atoms with Crippen LogP contribution < -0.4 is 0 Å². The van der Waals surface area contributed by atoms with E-state index in [1.807, 2.05) is 29.2 Å². The zero-order chi connectivity index (χ0) is 18.1. The second-order valence-corrected chi connectivity index (χ2v) is 7.19. The SMILES string of the molecule is CN1C[C@@]2(CCCN(C(=O)CCn3nnc4ccccc43)CC2)OC1=O. The molecule has 2 saturated heterocycles. The number of likely N-dealkylation sites (tertiary alicyclic amines) is 1. The molecule has 8 heteroatoms. The number of amides is 2. The number of likely N-dealkylation sites (N-methyl/N-ethyl adjacent to an activating group) is 1. The van der Waals surface area contributed by atoms with E-state index in [1.54, 1.807) is 16.6 Å². The van der Waals surface area contributed by atoms with Crippen LogP contribution >= 0.6 is 0 Å². The summed E-state index contributed by atoms with van der Waals surface area (Å²) in [6.07, 6.45) is 2.48. The Bertz CT molecular complexity index is 835. The molecule has 138 valence electrons. The average molecular weight is 357 g/mol. The summed E-state index contributed by atoms with van der Waals surface area (Å²) < 4.78 is 7.38. The van der Waals surface area contributed by atoms with Gasteiger partial charge in [-0.15, -0.1) is 5.10 Å². The van der Waals surface area contributed by atoms with Gasteiger partial charge in [0.1, 0.15) is 11.1 Å². The van der Waals surface area contributed by atoms with Gasteiger partial charge in [0.25, 0.3) is 0 Å². The molecule has 3 heterocycles. The number of ether oxygens (including phenoxy) is 1. The van der Waals surface area contributed by atoms with Crippen LogP contribution in [0.15, 0.2) is 24.3 Å². The van der Waals surface area contributed by atoms with Crippen LogP contribution in [0.5, 0.6) is 0 Å². The van der Waals surface area contributed by atoms with Crippen molar-refractivity contribution in [2.45, 2.75) is 37.8 Å². The number of carbonyl (C=O) groups is 2. The molecule has 2 aliphatic heterocycles. The Labute approximate surface area is 151 Å². The van der Waals surface area contributed by atoms with Gasteiger partial charge in [0.2, 0.25) is 5.91 Å². The molecule has 0 unspecified atom stereocenters. The number of aromatic nitrogens is 3. The van der Waals surface area contributed by atoms with Crippen LogP contribution in [0.2, 0.25) is 0 Å². The molecule has 4 rings (SSSR count). The lowest BCUT2D eigenvalue weighted by Crippen LogP contribution is -2.37. The number of hydrogen-bond acceptors (Lipinski definition) is 5. The highest BCUT2D eigenvalue weighted by Gasteiger charge is 2.44. The minimum Gasteiger partial charge on any atom is -0.441 e. The smallest absolute Gasteiger partial charge is 0.410 e. The highest BCUT2D eigenvalue weighted by molar-refractivity contribution is 5.77. The van der Waals surface area contributed by atoms with Gasteiger partial charge in [-0.05, 0) is 25.0 Å². The highest BCUT2D eigenvalue weighted by Crippen LogP contribution is 2.32. The molecule has 0 radical (unpaired) electrons. The van der Waals surface area contributed by atoms with E-state index < -0.39 is 5.60 Å². The normalized spacial score (nSPS) is 23.5. The van der Waals surface area contributed by atoms with Gasteiger partial charge >= 0.3 is 6.09 Å². The molecule has 2 fully saturated rings. The molecule has 0 saturated carbocycles. The molecule has 0 aliphatic carbocycles. The van der Waals surface area contributed by atoms with Crippen LogP contribution in [0, 0.1) is 0 Å². The van der Waals surface area contributed by atoms with E-state index in [-0.39, 0.29) is 12.0 Å². The Morgan fingerprint density at radius 1 is 1.27 bits per heavy atom. The lowest BCUT2D eigenvalue weighted by molar-refractivity contribution is -0.131. The van der Waals surface area contributed by atoms with E-state index >= 15 is 0 Å². The highest BCUT2D eigenvalue weighted by atomic mass is 16.6. The molecule has 0 bridgehead atoms. The first-order valence-corrected chi connectivity index (χ1v) is 9.06. The molecule has 26 heavy (non-hydrogen) atoms. The topological polar surface area (TPSA) is 80.6 Å². The van der Waals surface area contributed by atoms with Crippen LogP contribution in [0.1, 0.15) is 25.7 Å². The van der Waals surface area contributed by atoms with E-state index in [4.69, 9.17) is 4.74 Å². The molecule has 1 spiro atoms. The first kappa shape index (κ1) is 16.8. The number of para-hydroxylation sites is 1. The molecule has 2 amide bonds. The predicted molar refractivity (Wildman–Crippen MR) is 94.4 cm³/mol. The van der Waals surface area contributed by atoms with E-state index in [2.05, 4.69) is 10.3 Å². The molecule has 1 aromatic carbocycles. The minimum atomic E-state index is -0.428. The number of rotatable bonds is 3. The maximum absolute atomic E-state index is 12.7. The summed E-state index contributed by atoms with van der Waals surface area (Å²) in [5.41, 5.74) is 1.35. The van der Waals surface area contributed by atoms with E-state index in [1.165, 1.54) is 0 Å². The monoisotopic (exact) mass is 357 g/mol. The fourth-order valence-electron chi connectivity index (χ4n) is 3.91. The Kier molecular flexibility index (Phi) is 4.26. The third-order valence-electron chi connectivity index (χ3n) is 5.35. The number of aryl methyl sites for hydroxylation is 1. The van der Waals surface area contributed by atoms with Gasteiger partial charge in [-0.1, -0.05) is 17.3 Å². The molecule has 1 aromatic heterocycles. The Morgan fingerprint density at radius 3 is 2.92 bits per heavy atom. The maximum atomic E-state index is 12.7. The van der Waals surface area contributed by atoms with Crippen LogP contribution in [0.4, 0.5) is 4.79 Å². The first-order chi connectivity index (χ1) is 12.6. The van der Waals surface area contributed by atoms with Crippen molar-refractivity contribution >= 4 is 23.0 Å². The van der Waals surface area contributed by atoms with Gasteiger partial charge in [0, 0.05) is 33.0 Å². The lowest BCUT2D eigenvalue weighted by Gasteiger charge is -2.25. The van der Waals surface area contributed by atoms with Gasteiger partial charge in [-0.25, -0.2) is 9.48 Å². The van der Waals surface area contributed by atoms with Gasteiger partial charge in [-0.2, -0.15) is 0 Å². The second-order valence-electron chi connectivity index (χ2n) is 7.19. The summed E-state index contributed by atoms with van der Waals surface area (Å²) in [6, 6.07) is 7.74. The molecule has 1 atom stereocenters. The van der Waals surface area contributed by atoms with Crippen LogP contribution in [0.25, 0.3) is 11.0 Å². The summed E-state index contributed by atoms with van der Waals surface area (Å²) in [5, 5.41) is 8.26. The lowest BCUT2D eigenvalue weighted by atomic mass is 9.95. The number of fused-ring (bicyclic) bond motifs is 1. The zero-order valence-corrected chi connectivity index (χ0v) is 14.9. The van der Waals surface area contributed by atoms with E-state index in [0.717, 1.165) is 23.9 Å². The Balaban J connectivity index is 1.36. The molecular weight excluding hydrogens is 334 g/mol. The van der Waals surface area contributed by atoms with Gasteiger partial charge in [0.05, 0.1) is 18.6 Å². The number of carbonyl (C=O) groups excluding carboxylic acids is 2. The summed E-state index contributed by atoms with van der Waals surface area (Å²) in [4.78, 5) is 27.9. The number of hydrogen-bond donors (Lipinski definition) is 0.